The summed E-state index contributed by atoms with van der Waals surface area (Å²) < 4.78 is 39.1. The third kappa shape index (κ3) is 4.35. The maximum absolute atomic E-state index is 13.0. The molecule has 1 amide bonds. The summed E-state index contributed by atoms with van der Waals surface area (Å²) in [6, 6.07) is 8.42. The van der Waals surface area contributed by atoms with Gasteiger partial charge in [-0.2, -0.15) is 0 Å². The van der Waals surface area contributed by atoms with Crippen LogP contribution < -0.4 is 10.0 Å². The van der Waals surface area contributed by atoms with Gasteiger partial charge in [-0.25, -0.2) is 17.5 Å². The fourth-order valence-electron chi connectivity index (χ4n) is 1.58. The molecule has 1 aromatic carbocycles. The Hall–Kier alpha value is -1.77. The number of rotatable bonds is 6. The number of carbonyl (C=O) groups excluding carboxylic acids is 1. The maximum Gasteiger partial charge on any atom is 0.251 e. The van der Waals surface area contributed by atoms with Crippen molar-refractivity contribution in [2.24, 2.45) is 0 Å². The Kier molecular flexibility index (Phi) is 5.05. The summed E-state index contributed by atoms with van der Waals surface area (Å²) in [5, 5.41) is 4.18. The standard InChI is InChI=1S/C13H13FN2O3S2/c14-11-4-1-3-10(9-11)13(17)15-6-7-16-21(18,19)12-5-2-8-20-12/h1-5,8-9,16H,6-7H2,(H,15,17). The summed E-state index contributed by atoms with van der Waals surface area (Å²) in [5.41, 5.74) is 0.191. The van der Waals surface area contributed by atoms with Crippen LogP contribution in [0.15, 0.2) is 46.0 Å². The molecule has 0 radical (unpaired) electrons. The largest absolute Gasteiger partial charge is 0.351 e. The second-order valence-electron chi connectivity index (χ2n) is 4.10. The van der Waals surface area contributed by atoms with Crippen molar-refractivity contribution in [3.05, 3.63) is 53.2 Å². The highest BCUT2D eigenvalue weighted by Gasteiger charge is 2.14. The highest BCUT2D eigenvalue weighted by Crippen LogP contribution is 2.14. The van der Waals surface area contributed by atoms with E-state index in [1.54, 1.807) is 11.4 Å². The number of hydrogen-bond acceptors (Lipinski definition) is 4. The number of thiophene rings is 1. The fourth-order valence-corrected chi connectivity index (χ4v) is 3.65. The van der Waals surface area contributed by atoms with E-state index in [2.05, 4.69) is 10.0 Å². The van der Waals surface area contributed by atoms with Crippen LogP contribution in [0.25, 0.3) is 0 Å². The molecule has 0 saturated heterocycles. The van der Waals surface area contributed by atoms with Crippen LogP contribution >= 0.6 is 11.3 Å². The molecule has 5 nitrogen and oxygen atoms in total. The molecule has 0 aliphatic rings. The first-order valence-corrected chi connectivity index (χ1v) is 8.42. The molecule has 2 aromatic rings. The molecule has 0 fully saturated rings. The molecule has 0 bridgehead atoms. The summed E-state index contributed by atoms with van der Waals surface area (Å²) in [6.45, 7) is 0.168. The van der Waals surface area contributed by atoms with E-state index in [0.717, 1.165) is 17.4 Å². The van der Waals surface area contributed by atoms with Crippen molar-refractivity contribution in [3.8, 4) is 0 Å². The van der Waals surface area contributed by atoms with E-state index in [0.29, 0.717) is 0 Å². The van der Waals surface area contributed by atoms with Gasteiger partial charge in [-0.3, -0.25) is 4.79 Å². The molecule has 21 heavy (non-hydrogen) atoms. The number of nitrogens with one attached hydrogen (secondary N) is 2. The summed E-state index contributed by atoms with van der Waals surface area (Å²) in [4.78, 5) is 11.7. The van der Waals surface area contributed by atoms with E-state index in [4.69, 9.17) is 0 Å². The van der Waals surface area contributed by atoms with Crippen molar-refractivity contribution in [2.45, 2.75) is 4.21 Å². The van der Waals surface area contributed by atoms with Crippen LogP contribution in [0.5, 0.6) is 0 Å². The molecule has 0 aliphatic heterocycles. The van der Waals surface area contributed by atoms with Crippen molar-refractivity contribution in [2.75, 3.05) is 13.1 Å². The second-order valence-corrected chi connectivity index (χ2v) is 7.04. The monoisotopic (exact) mass is 328 g/mol. The lowest BCUT2D eigenvalue weighted by atomic mass is 10.2. The molecule has 0 unspecified atom stereocenters. The van der Waals surface area contributed by atoms with Gasteiger partial charge in [0.1, 0.15) is 10.0 Å². The van der Waals surface area contributed by atoms with Crippen LogP contribution in [-0.4, -0.2) is 27.4 Å². The zero-order chi connectivity index (χ0) is 15.3. The Morgan fingerprint density at radius 2 is 2.00 bits per heavy atom. The van der Waals surface area contributed by atoms with Gasteiger partial charge in [0.25, 0.3) is 5.91 Å². The molecule has 2 N–H and O–H groups in total. The number of sulfonamides is 1. The first kappa shape index (κ1) is 15.6. The van der Waals surface area contributed by atoms with Crippen molar-refractivity contribution in [1.29, 1.82) is 0 Å². The minimum absolute atomic E-state index is 0.0568. The highest BCUT2D eigenvalue weighted by molar-refractivity contribution is 7.91. The van der Waals surface area contributed by atoms with Crippen molar-refractivity contribution < 1.29 is 17.6 Å². The normalized spacial score (nSPS) is 11.3. The zero-order valence-corrected chi connectivity index (χ0v) is 12.5. The topological polar surface area (TPSA) is 75.3 Å². The fraction of sp³-hybridized carbons (Fsp3) is 0.154. The van der Waals surface area contributed by atoms with E-state index in [1.807, 2.05) is 0 Å². The van der Waals surface area contributed by atoms with Crippen molar-refractivity contribution in [3.63, 3.8) is 0 Å². The predicted octanol–water partition coefficient (Wildman–Crippen LogP) is 1.60. The van der Waals surface area contributed by atoms with Crippen LogP contribution in [0.2, 0.25) is 0 Å². The lowest BCUT2D eigenvalue weighted by Gasteiger charge is -2.07. The minimum Gasteiger partial charge on any atom is -0.351 e. The molecule has 1 aromatic heterocycles. The molecular formula is C13H13FN2O3S2. The van der Waals surface area contributed by atoms with E-state index >= 15 is 0 Å². The van der Waals surface area contributed by atoms with Crippen LogP contribution in [0.3, 0.4) is 0 Å². The van der Waals surface area contributed by atoms with Crippen LogP contribution in [-0.2, 0) is 10.0 Å². The van der Waals surface area contributed by atoms with Gasteiger partial charge in [-0.15, -0.1) is 11.3 Å². The van der Waals surface area contributed by atoms with Gasteiger partial charge in [0, 0.05) is 18.7 Å². The molecule has 2 rings (SSSR count). The summed E-state index contributed by atoms with van der Waals surface area (Å²) >= 11 is 1.11. The van der Waals surface area contributed by atoms with Crippen molar-refractivity contribution in [1.82, 2.24) is 10.0 Å². The molecule has 112 valence electrons. The van der Waals surface area contributed by atoms with Gasteiger partial charge in [0.05, 0.1) is 0 Å². The van der Waals surface area contributed by atoms with Gasteiger partial charge in [0.2, 0.25) is 10.0 Å². The van der Waals surface area contributed by atoms with Crippen LogP contribution in [0.1, 0.15) is 10.4 Å². The SMILES string of the molecule is O=C(NCCNS(=O)(=O)c1cccs1)c1cccc(F)c1. The van der Waals surface area contributed by atoms with E-state index in [-0.39, 0.29) is 22.9 Å². The Balaban J connectivity index is 1.81. The van der Waals surface area contributed by atoms with E-state index in [9.17, 15) is 17.6 Å². The zero-order valence-electron chi connectivity index (χ0n) is 10.9. The lowest BCUT2D eigenvalue weighted by Crippen LogP contribution is -2.34. The number of carbonyl (C=O) groups is 1. The van der Waals surface area contributed by atoms with Gasteiger partial charge >= 0.3 is 0 Å². The van der Waals surface area contributed by atoms with Crippen molar-refractivity contribution >= 4 is 27.3 Å². The number of halogens is 1. The first-order chi connectivity index (χ1) is 9.99. The Labute approximate surface area is 125 Å². The summed E-state index contributed by atoms with van der Waals surface area (Å²) in [5.74, 6) is -0.953. The molecule has 0 aliphatic carbocycles. The molecule has 0 spiro atoms. The molecule has 0 saturated carbocycles. The maximum atomic E-state index is 13.0. The minimum atomic E-state index is -3.53. The number of hydrogen-bond donors (Lipinski definition) is 2. The number of amides is 1. The summed E-state index contributed by atoms with van der Waals surface area (Å²) in [6.07, 6.45) is 0. The van der Waals surface area contributed by atoms with E-state index in [1.165, 1.54) is 24.3 Å². The van der Waals surface area contributed by atoms with Gasteiger partial charge in [-0.1, -0.05) is 12.1 Å². The Morgan fingerprint density at radius 1 is 1.19 bits per heavy atom. The Bertz CT molecular complexity index is 715. The Morgan fingerprint density at radius 3 is 2.67 bits per heavy atom. The quantitative estimate of drug-likeness (QED) is 0.791. The molecule has 0 atom stereocenters. The van der Waals surface area contributed by atoms with Crippen LogP contribution in [0.4, 0.5) is 4.39 Å². The lowest BCUT2D eigenvalue weighted by molar-refractivity contribution is 0.0954. The average Bonchev–Trinajstić information content (AvgIpc) is 2.98. The van der Waals surface area contributed by atoms with Gasteiger partial charge < -0.3 is 5.32 Å². The second kappa shape index (κ2) is 6.79. The predicted molar refractivity (Wildman–Crippen MR) is 78.2 cm³/mol. The summed E-state index contributed by atoms with van der Waals surface area (Å²) in [7, 11) is -3.53. The smallest absolute Gasteiger partial charge is 0.251 e. The average molecular weight is 328 g/mol. The third-order valence-corrected chi connectivity index (χ3v) is 5.41. The van der Waals surface area contributed by atoms with Gasteiger partial charge in [-0.05, 0) is 29.6 Å². The molecule has 8 heteroatoms. The van der Waals surface area contributed by atoms with Crippen LogP contribution in [0, 0.1) is 5.82 Å². The highest BCUT2D eigenvalue weighted by atomic mass is 32.2. The first-order valence-electron chi connectivity index (χ1n) is 6.06. The van der Waals surface area contributed by atoms with E-state index < -0.39 is 21.7 Å². The third-order valence-electron chi connectivity index (χ3n) is 2.55. The number of benzene rings is 1. The molecular weight excluding hydrogens is 315 g/mol. The molecule has 1 heterocycles. The van der Waals surface area contributed by atoms with Gasteiger partial charge in [0.15, 0.2) is 0 Å².